The number of hydrogen-bond acceptors (Lipinski definition) is 6. The van der Waals surface area contributed by atoms with Crippen LogP contribution in [0.3, 0.4) is 0 Å². The third-order valence-corrected chi connectivity index (χ3v) is 4.57. The van der Waals surface area contributed by atoms with Crippen molar-refractivity contribution in [3.05, 3.63) is 34.2 Å². The smallest absolute Gasteiger partial charge is 0.419 e. The highest BCUT2D eigenvalue weighted by molar-refractivity contribution is 9.10. The highest BCUT2D eigenvalue weighted by Crippen LogP contribution is 2.35. The third-order valence-electron chi connectivity index (χ3n) is 4.00. The molecule has 7 nitrogen and oxygen atoms in total. The zero-order valence-electron chi connectivity index (χ0n) is 13.7. The lowest BCUT2D eigenvalue weighted by Crippen LogP contribution is -2.47. The Kier molecular flexibility index (Phi) is 5.08. The number of pyridine rings is 1. The van der Waals surface area contributed by atoms with Crippen LogP contribution >= 0.6 is 15.9 Å². The average Bonchev–Trinajstić information content (AvgIpc) is 3.02. The first-order valence-corrected chi connectivity index (χ1v) is 8.46. The first kappa shape index (κ1) is 18.5. The molecular formula is C15H15BrF3N5O2. The number of hydrogen-bond donors (Lipinski definition) is 1. The normalized spacial score (nSPS) is 15.3. The number of halogens is 4. The topological polar surface area (TPSA) is 74.3 Å². The lowest BCUT2D eigenvalue weighted by molar-refractivity contribution is -0.137. The summed E-state index contributed by atoms with van der Waals surface area (Å²) in [6, 6.07) is 2.30. The van der Waals surface area contributed by atoms with Gasteiger partial charge in [0.05, 0.1) is 12.7 Å². The summed E-state index contributed by atoms with van der Waals surface area (Å²) in [5.74, 6) is -0.203. The predicted molar refractivity (Wildman–Crippen MR) is 91.3 cm³/mol. The number of H-pyrrole nitrogens is 1. The van der Waals surface area contributed by atoms with Crippen LogP contribution in [-0.4, -0.2) is 54.2 Å². The maximum atomic E-state index is 13.2. The number of alkyl halides is 3. The molecule has 1 N–H and O–H groups in total. The van der Waals surface area contributed by atoms with E-state index in [-0.39, 0.29) is 11.5 Å². The van der Waals surface area contributed by atoms with E-state index in [4.69, 9.17) is 0 Å². The fourth-order valence-corrected chi connectivity index (χ4v) is 3.15. The molecule has 1 fully saturated rings. The molecule has 140 valence electrons. The van der Waals surface area contributed by atoms with Gasteiger partial charge in [0.15, 0.2) is 5.69 Å². The fourth-order valence-electron chi connectivity index (χ4n) is 2.72. The standard InChI is InChI=1S/C15H15BrF3N5O2/c1-26-13(25)10-11(16)22-14(21-10)24-7-5-23(6-8-24)12-9(15(17,18)19)3-2-4-20-12/h2-4H,5-8H2,1H3,(H,21,22). The molecule has 11 heteroatoms. The van der Waals surface area contributed by atoms with Crippen LogP contribution in [0.25, 0.3) is 0 Å². The Morgan fingerprint density at radius 2 is 1.92 bits per heavy atom. The summed E-state index contributed by atoms with van der Waals surface area (Å²) in [6.07, 6.45) is -3.11. The number of anilines is 2. The Morgan fingerprint density at radius 3 is 2.54 bits per heavy atom. The molecule has 0 radical (unpaired) electrons. The highest BCUT2D eigenvalue weighted by atomic mass is 79.9. The van der Waals surface area contributed by atoms with E-state index in [1.165, 1.54) is 19.4 Å². The van der Waals surface area contributed by atoms with Crippen LogP contribution in [0.1, 0.15) is 16.1 Å². The Bertz CT molecular complexity index is 803. The van der Waals surface area contributed by atoms with E-state index in [9.17, 15) is 18.0 Å². The largest absolute Gasteiger partial charge is 0.464 e. The Morgan fingerprint density at radius 1 is 1.27 bits per heavy atom. The summed E-state index contributed by atoms with van der Waals surface area (Å²) in [7, 11) is 1.26. The van der Waals surface area contributed by atoms with Crippen molar-refractivity contribution in [3.8, 4) is 0 Å². The summed E-state index contributed by atoms with van der Waals surface area (Å²) in [4.78, 5) is 26.1. The minimum atomic E-state index is -4.46. The number of rotatable bonds is 3. The number of piperazine rings is 1. The number of ether oxygens (including phenoxy) is 1. The molecule has 0 bridgehead atoms. The van der Waals surface area contributed by atoms with Gasteiger partial charge in [-0.15, -0.1) is 0 Å². The average molecular weight is 434 g/mol. The van der Waals surface area contributed by atoms with Gasteiger partial charge in [-0.2, -0.15) is 13.2 Å². The van der Waals surface area contributed by atoms with E-state index >= 15 is 0 Å². The van der Waals surface area contributed by atoms with E-state index in [1.54, 1.807) is 4.90 Å². The van der Waals surface area contributed by atoms with E-state index in [0.717, 1.165) is 6.07 Å². The molecule has 26 heavy (non-hydrogen) atoms. The van der Waals surface area contributed by atoms with Gasteiger partial charge in [0.1, 0.15) is 10.4 Å². The number of carbonyl (C=O) groups is 1. The van der Waals surface area contributed by atoms with Gasteiger partial charge in [0.25, 0.3) is 0 Å². The number of aromatic nitrogens is 3. The minimum Gasteiger partial charge on any atom is -0.464 e. The monoisotopic (exact) mass is 433 g/mol. The number of nitrogens with one attached hydrogen (secondary N) is 1. The maximum absolute atomic E-state index is 13.2. The van der Waals surface area contributed by atoms with Crippen LogP contribution in [0.5, 0.6) is 0 Å². The second-order valence-electron chi connectivity index (χ2n) is 5.56. The minimum absolute atomic E-state index is 0.0736. The summed E-state index contributed by atoms with van der Waals surface area (Å²) in [6.45, 7) is 1.53. The second-order valence-corrected chi connectivity index (χ2v) is 6.35. The predicted octanol–water partition coefficient (Wildman–Crippen LogP) is 2.70. The van der Waals surface area contributed by atoms with Crippen molar-refractivity contribution in [2.75, 3.05) is 43.1 Å². The van der Waals surface area contributed by atoms with Crippen molar-refractivity contribution in [2.45, 2.75) is 6.18 Å². The summed E-state index contributed by atoms with van der Waals surface area (Å²) in [5, 5.41) is 0. The molecule has 2 aromatic rings. The van der Waals surface area contributed by atoms with Crippen LogP contribution in [-0.2, 0) is 10.9 Å². The van der Waals surface area contributed by atoms with Crippen LogP contribution in [0.2, 0.25) is 0 Å². The molecule has 0 spiro atoms. The van der Waals surface area contributed by atoms with Crippen LogP contribution < -0.4 is 9.80 Å². The van der Waals surface area contributed by atoms with Crippen molar-refractivity contribution < 1.29 is 22.7 Å². The van der Waals surface area contributed by atoms with Gasteiger partial charge in [0, 0.05) is 32.4 Å². The number of imidazole rings is 1. The summed E-state index contributed by atoms with van der Waals surface area (Å²) >= 11 is 3.21. The molecule has 0 saturated carbocycles. The fraction of sp³-hybridized carbons (Fsp3) is 0.400. The highest BCUT2D eigenvalue weighted by Gasteiger charge is 2.36. The van der Waals surface area contributed by atoms with Crippen molar-refractivity contribution in [3.63, 3.8) is 0 Å². The van der Waals surface area contributed by atoms with Gasteiger partial charge in [-0.05, 0) is 28.1 Å². The lowest BCUT2D eigenvalue weighted by Gasteiger charge is -2.36. The van der Waals surface area contributed by atoms with E-state index < -0.39 is 17.7 Å². The van der Waals surface area contributed by atoms with E-state index in [1.807, 2.05) is 4.90 Å². The molecular weight excluding hydrogens is 419 g/mol. The molecule has 0 atom stereocenters. The molecule has 1 aliphatic heterocycles. The van der Waals surface area contributed by atoms with Crippen molar-refractivity contribution >= 4 is 33.7 Å². The third kappa shape index (κ3) is 3.62. The Hall–Kier alpha value is -2.30. The molecule has 0 aliphatic carbocycles. The summed E-state index contributed by atoms with van der Waals surface area (Å²) in [5.41, 5.74) is -0.629. The number of methoxy groups -OCH3 is 1. The lowest BCUT2D eigenvalue weighted by atomic mass is 10.2. The van der Waals surface area contributed by atoms with Crippen LogP contribution in [0.15, 0.2) is 22.9 Å². The molecule has 3 rings (SSSR count). The molecule has 0 aromatic carbocycles. The maximum Gasteiger partial charge on any atom is 0.419 e. The number of nitrogens with zero attached hydrogens (tertiary/aromatic N) is 4. The van der Waals surface area contributed by atoms with Crippen LogP contribution in [0, 0.1) is 0 Å². The van der Waals surface area contributed by atoms with Gasteiger partial charge in [-0.3, -0.25) is 0 Å². The van der Waals surface area contributed by atoms with Gasteiger partial charge in [-0.25, -0.2) is 14.8 Å². The number of carbonyl (C=O) groups excluding carboxylic acids is 1. The number of aromatic amines is 1. The zero-order chi connectivity index (χ0) is 18.9. The van der Waals surface area contributed by atoms with E-state index in [0.29, 0.717) is 36.7 Å². The summed E-state index contributed by atoms with van der Waals surface area (Å²) < 4.78 is 44.5. The molecule has 2 aromatic heterocycles. The van der Waals surface area contributed by atoms with Crippen molar-refractivity contribution in [1.29, 1.82) is 0 Å². The second kappa shape index (κ2) is 7.14. The van der Waals surface area contributed by atoms with Crippen LogP contribution in [0.4, 0.5) is 24.9 Å². The Balaban J connectivity index is 1.74. The van der Waals surface area contributed by atoms with Gasteiger partial charge >= 0.3 is 12.1 Å². The molecule has 1 saturated heterocycles. The molecule has 0 unspecified atom stereocenters. The van der Waals surface area contributed by atoms with Gasteiger partial charge < -0.3 is 19.5 Å². The SMILES string of the molecule is COC(=O)c1nc(N2CCN(c3ncccc3C(F)(F)F)CC2)[nH]c1Br. The zero-order valence-corrected chi connectivity index (χ0v) is 15.3. The molecule has 3 heterocycles. The Labute approximate surface area is 155 Å². The van der Waals surface area contributed by atoms with Gasteiger partial charge in [-0.1, -0.05) is 0 Å². The first-order valence-electron chi connectivity index (χ1n) is 7.67. The quantitative estimate of drug-likeness (QED) is 0.750. The number of esters is 1. The molecule has 0 amide bonds. The van der Waals surface area contributed by atoms with Gasteiger partial charge in [0.2, 0.25) is 5.95 Å². The molecule has 1 aliphatic rings. The first-order chi connectivity index (χ1) is 12.3. The van der Waals surface area contributed by atoms with Crippen molar-refractivity contribution in [1.82, 2.24) is 15.0 Å². The van der Waals surface area contributed by atoms with Crippen molar-refractivity contribution in [2.24, 2.45) is 0 Å². The van der Waals surface area contributed by atoms with E-state index in [2.05, 4.69) is 35.6 Å².